The first-order chi connectivity index (χ1) is 8.63. The molecule has 0 aliphatic heterocycles. The molecule has 0 aromatic heterocycles. The third kappa shape index (κ3) is 2.94. The van der Waals surface area contributed by atoms with Gasteiger partial charge in [0.1, 0.15) is 5.82 Å². The first kappa shape index (κ1) is 14.0. The van der Waals surface area contributed by atoms with Crippen LogP contribution in [0.5, 0.6) is 0 Å². The number of hydrogen-bond donors (Lipinski definition) is 1. The van der Waals surface area contributed by atoms with Gasteiger partial charge < -0.3 is 5.11 Å². The van der Waals surface area contributed by atoms with Crippen LogP contribution in [0, 0.1) is 17.7 Å². The van der Waals surface area contributed by atoms with Crippen LogP contribution in [0.4, 0.5) is 4.39 Å². The molecule has 1 fully saturated rings. The van der Waals surface area contributed by atoms with Crippen molar-refractivity contribution in [3.63, 3.8) is 0 Å². The van der Waals surface area contributed by atoms with Gasteiger partial charge in [0.15, 0.2) is 0 Å². The maximum absolute atomic E-state index is 13.9. The third-order valence-electron chi connectivity index (χ3n) is 4.22. The Labute approximate surface area is 117 Å². The first-order valence-electron chi connectivity index (χ1n) is 6.75. The van der Waals surface area contributed by atoms with Crippen LogP contribution < -0.4 is 0 Å². The Bertz CT molecular complexity index is 399. The molecule has 1 saturated carbocycles. The van der Waals surface area contributed by atoms with Crippen molar-refractivity contribution in [3.05, 3.63) is 34.1 Å². The molecule has 0 radical (unpaired) electrons. The Morgan fingerprint density at radius 2 is 2.00 bits per heavy atom. The van der Waals surface area contributed by atoms with Crippen LogP contribution in [-0.4, -0.2) is 5.11 Å². The van der Waals surface area contributed by atoms with Crippen LogP contribution >= 0.6 is 15.9 Å². The highest BCUT2D eigenvalue weighted by Crippen LogP contribution is 2.39. The van der Waals surface area contributed by atoms with Crippen molar-refractivity contribution in [1.29, 1.82) is 0 Å². The number of aliphatic hydroxyl groups excluding tert-OH is 1. The van der Waals surface area contributed by atoms with Gasteiger partial charge in [-0.05, 0) is 46.7 Å². The molecule has 0 heterocycles. The van der Waals surface area contributed by atoms with Gasteiger partial charge in [-0.2, -0.15) is 0 Å². The van der Waals surface area contributed by atoms with Crippen molar-refractivity contribution < 1.29 is 9.50 Å². The van der Waals surface area contributed by atoms with Gasteiger partial charge in [0, 0.05) is 5.56 Å². The highest BCUT2D eigenvalue weighted by molar-refractivity contribution is 9.10. The molecule has 1 unspecified atom stereocenters. The summed E-state index contributed by atoms with van der Waals surface area (Å²) in [6.45, 7) is 2.22. The molecule has 1 nitrogen and oxygen atoms in total. The van der Waals surface area contributed by atoms with E-state index in [1.54, 1.807) is 18.2 Å². The maximum Gasteiger partial charge on any atom is 0.143 e. The fourth-order valence-electron chi connectivity index (χ4n) is 2.92. The van der Waals surface area contributed by atoms with Gasteiger partial charge in [0.2, 0.25) is 0 Å². The van der Waals surface area contributed by atoms with E-state index in [4.69, 9.17) is 0 Å². The second-order valence-electron chi connectivity index (χ2n) is 5.28. The normalized spacial score (nSPS) is 26.0. The molecule has 18 heavy (non-hydrogen) atoms. The lowest BCUT2D eigenvalue weighted by Crippen LogP contribution is -2.21. The molecule has 0 saturated heterocycles. The van der Waals surface area contributed by atoms with E-state index >= 15 is 0 Å². The zero-order chi connectivity index (χ0) is 13.1. The summed E-state index contributed by atoms with van der Waals surface area (Å²) in [6, 6.07) is 5.14. The number of halogens is 2. The minimum Gasteiger partial charge on any atom is -0.388 e. The number of rotatable bonds is 3. The molecule has 1 N–H and O–H groups in total. The summed E-state index contributed by atoms with van der Waals surface area (Å²) < 4.78 is 14.4. The summed E-state index contributed by atoms with van der Waals surface area (Å²) in [4.78, 5) is 0. The van der Waals surface area contributed by atoms with Crippen LogP contribution in [0.25, 0.3) is 0 Å². The molecule has 0 amide bonds. The summed E-state index contributed by atoms with van der Waals surface area (Å²) in [5, 5.41) is 10.3. The van der Waals surface area contributed by atoms with E-state index < -0.39 is 6.10 Å². The van der Waals surface area contributed by atoms with Gasteiger partial charge in [-0.1, -0.05) is 38.3 Å². The van der Waals surface area contributed by atoms with E-state index in [1.165, 1.54) is 6.42 Å². The summed E-state index contributed by atoms with van der Waals surface area (Å²) in [6.07, 6.45) is 4.88. The Morgan fingerprint density at radius 3 is 2.61 bits per heavy atom. The summed E-state index contributed by atoms with van der Waals surface area (Å²) in [5.74, 6) is 0.681. The quantitative estimate of drug-likeness (QED) is 0.846. The van der Waals surface area contributed by atoms with Crippen molar-refractivity contribution >= 4 is 15.9 Å². The van der Waals surface area contributed by atoms with Crippen molar-refractivity contribution in [2.24, 2.45) is 11.8 Å². The highest BCUT2D eigenvalue weighted by Gasteiger charge is 2.28. The molecule has 1 aromatic carbocycles. The molecule has 0 spiro atoms. The lowest BCUT2D eigenvalue weighted by Gasteiger charge is -2.31. The molecule has 1 aromatic rings. The summed E-state index contributed by atoms with van der Waals surface area (Å²) in [5.41, 5.74) is 0.435. The predicted octanol–water partition coefficient (Wildman–Crippen LogP) is 4.84. The van der Waals surface area contributed by atoms with Gasteiger partial charge in [-0.15, -0.1) is 0 Å². The Morgan fingerprint density at radius 1 is 1.33 bits per heavy atom. The minimum atomic E-state index is -0.666. The standard InChI is InChI=1S/C15H20BrFO/c1-2-10-6-8-11(9-7-10)15(18)12-4-3-5-13(16)14(12)17/h3-5,10-11,15,18H,2,6-9H2,1H3. The third-order valence-corrected chi connectivity index (χ3v) is 4.83. The van der Waals surface area contributed by atoms with E-state index in [1.807, 2.05) is 0 Å². The average molecular weight is 315 g/mol. The molecule has 3 heteroatoms. The van der Waals surface area contributed by atoms with Gasteiger partial charge in [0.25, 0.3) is 0 Å². The zero-order valence-electron chi connectivity index (χ0n) is 10.7. The molecule has 2 rings (SSSR count). The lowest BCUT2D eigenvalue weighted by molar-refractivity contribution is 0.0700. The lowest BCUT2D eigenvalue weighted by atomic mass is 9.77. The van der Waals surface area contributed by atoms with Gasteiger partial charge in [-0.25, -0.2) is 4.39 Å². The topological polar surface area (TPSA) is 20.2 Å². The van der Waals surface area contributed by atoms with Crippen molar-refractivity contribution in [1.82, 2.24) is 0 Å². The highest BCUT2D eigenvalue weighted by atomic mass is 79.9. The molecular weight excluding hydrogens is 295 g/mol. The van der Waals surface area contributed by atoms with Crippen LogP contribution in [0.3, 0.4) is 0 Å². The Kier molecular flexibility index (Phi) is 4.79. The van der Waals surface area contributed by atoms with Crippen LogP contribution in [0.2, 0.25) is 0 Å². The van der Waals surface area contributed by atoms with Gasteiger partial charge in [-0.3, -0.25) is 0 Å². The first-order valence-corrected chi connectivity index (χ1v) is 7.54. The van der Waals surface area contributed by atoms with E-state index in [-0.39, 0.29) is 11.7 Å². The number of benzene rings is 1. The fraction of sp³-hybridized carbons (Fsp3) is 0.600. The molecule has 1 atom stereocenters. The monoisotopic (exact) mass is 314 g/mol. The van der Waals surface area contributed by atoms with Crippen molar-refractivity contribution in [2.45, 2.75) is 45.1 Å². The second kappa shape index (κ2) is 6.16. The van der Waals surface area contributed by atoms with Crippen LogP contribution in [0.1, 0.15) is 50.7 Å². The molecule has 1 aliphatic rings. The molecule has 100 valence electrons. The SMILES string of the molecule is CCC1CCC(C(O)c2cccc(Br)c2F)CC1. The largest absolute Gasteiger partial charge is 0.388 e. The van der Waals surface area contributed by atoms with E-state index in [0.717, 1.165) is 31.6 Å². The summed E-state index contributed by atoms with van der Waals surface area (Å²) >= 11 is 3.17. The predicted molar refractivity (Wildman–Crippen MR) is 74.8 cm³/mol. The molecule has 0 bridgehead atoms. The number of hydrogen-bond acceptors (Lipinski definition) is 1. The van der Waals surface area contributed by atoms with E-state index in [9.17, 15) is 9.50 Å². The fourth-order valence-corrected chi connectivity index (χ4v) is 3.30. The van der Waals surface area contributed by atoms with Gasteiger partial charge in [0.05, 0.1) is 10.6 Å². The smallest absolute Gasteiger partial charge is 0.143 e. The van der Waals surface area contributed by atoms with Gasteiger partial charge >= 0.3 is 0 Å². The maximum atomic E-state index is 13.9. The average Bonchev–Trinajstić information content (AvgIpc) is 2.41. The Hall–Kier alpha value is -0.410. The molecular formula is C15H20BrFO. The number of aliphatic hydroxyl groups is 1. The second-order valence-corrected chi connectivity index (χ2v) is 6.13. The summed E-state index contributed by atoms with van der Waals surface area (Å²) in [7, 11) is 0. The Balaban J connectivity index is 2.08. The van der Waals surface area contributed by atoms with Crippen LogP contribution in [-0.2, 0) is 0 Å². The zero-order valence-corrected chi connectivity index (χ0v) is 12.3. The van der Waals surface area contributed by atoms with Crippen molar-refractivity contribution in [2.75, 3.05) is 0 Å². The van der Waals surface area contributed by atoms with E-state index in [2.05, 4.69) is 22.9 Å². The van der Waals surface area contributed by atoms with Crippen molar-refractivity contribution in [3.8, 4) is 0 Å². The minimum absolute atomic E-state index is 0.205. The molecule has 1 aliphatic carbocycles. The van der Waals surface area contributed by atoms with E-state index in [0.29, 0.717) is 10.0 Å². The van der Waals surface area contributed by atoms with Crippen LogP contribution in [0.15, 0.2) is 22.7 Å².